The predicted molar refractivity (Wildman–Crippen MR) is 88.3 cm³/mol. The summed E-state index contributed by atoms with van der Waals surface area (Å²) in [7, 11) is 0. The van der Waals surface area contributed by atoms with E-state index >= 15 is 0 Å². The Balaban J connectivity index is 2.10. The summed E-state index contributed by atoms with van der Waals surface area (Å²) in [5, 5.41) is 11.9. The molecule has 0 aliphatic heterocycles. The van der Waals surface area contributed by atoms with Gasteiger partial charge in [0.15, 0.2) is 17.5 Å². The number of carbonyl (C=O) groups is 1. The molecule has 2 aromatic rings. The van der Waals surface area contributed by atoms with E-state index in [1.165, 1.54) is 0 Å². The van der Waals surface area contributed by atoms with Gasteiger partial charge in [0, 0.05) is 12.3 Å². The first-order valence-electron chi connectivity index (χ1n) is 7.68. The lowest BCUT2D eigenvalue weighted by Crippen LogP contribution is -2.31. The molecule has 2 rings (SSSR count). The van der Waals surface area contributed by atoms with Gasteiger partial charge in [-0.25, -0.2) is 13.2 Å². The van der Waals surface area contributed by atoms with Gasteiger partial charge in [-0.3, -0.25) is 4.79 Å². The fourth-order valence-electron chi connectivity index (χ4n) is 2.50. The van der Waals surface area contributed by atoms with Crippen molar-refractivity contribution in [2.24, 2.45) is 0 Å². The number of allylic oxidation sites excluding steroid dienone is 1. The zero-order valence-electron chi connectivity index (χ0n) is 13.4. The Labute approximate surface area is 143 Å². The van der Waals surface area contributed by atoms with E-state index < -0.39 is 36.0 Å². The van der Waals surface area contributed by atoms with Gasteiger partial charge in [-0.1, -0.05) is 36.4 Å². The van der Waals surface area contributed by atoms with Crippen LogP contribution in [-0.2, 0) is 4.79 Å². The number of halogens is 3. The molecule has 0 fully saturated rings. The number of benzene rings is 2. The third kappa shape index (κ3) is 4.70. The molecule has 0 heterocycles. The van der Waals surface area contributed by atoms with E-state index in [0.717, 1.165) is 17.7 Å². The second kappa shape index (κ2) is 8.48. The standard InChI is InChI=1S/C19H18F3NO2/c1-2-12(13-6-4-3-5-7-13)10-18(25)23-17(11-24)14-8-15(20)19(22)16(21)9-14/h2-9,12,17,24H,1,10-11H2,(H,23,25). The summed E-state index contributed by atoms with van der Waals surface area (Å²) in [5.74, 6) is -5.03. The fourth-order valence-corrected chi connectivity index (χ4v) is 2.50. The number of hydrogen-bond donors (Lipinski definition) is 2. The molecule has 0 aliphatic carbocycles. The van der Waals surface area contributed by atoms with Crippen LogP contribution in [0.2, 0.25) is 0 Å². The lowest BCUT2D eigenvalue weighted by molar-refractivity contribution is -0.122. The Morgan fingerprint density at radius 3 is 2.24 bits per heavy atom. The largest absolute Gasteiger partial charge is 0.394 e. The van der Waals surface area contributed by atoms with E-state index in [4.69, 9.17) is 0 Å². The Bertz CT molecular complexity index is 727. The summed E-state index contributed by atoms with van der Waals surface area (Å²) >= 11 is 0. The molecule has 0 saturated heterocycles. The van der Waals surface area contributed by atoms with Crippen molar-refractivity contribution in [3.8, 4) is 0 Å². The van der Waals surface area contributed by atoms with Crippen molar-refractivity contribution in [1.82, 2.24) is 5.32 Å². The maximum absolute atomic E-state index is 13.3. The van der Waals surface area contributed by atoms with Gasteiger partial charge in [0.25, 0.3) is 0 Å². The van der Waals surface area contributed by atoms with Crippen LogP contribution in [0.4, 0.5) is 13.2 Å². The molecule has 132 valence electrons. The Kier molecular flexibility index (Phi) is 6.36. The summed E-state index contributed by atoms with van der Waals surface area (Å²) < 4.78 is 39.7. The molecule has 0 saturated carbocycles. The van der Waals surface area contributed by atoms with Crippen LogP contribution < -0.4 is 5.32 Å². The Morgan fingerprint density at radius 1 is 1.12 bits per heavy atom. The highest BCUT2D eigenvalue weighted by atomic mass is 19.2. The molecule has 25 heavy (non-hydrogen) atoms. The zero-order valence-corrected chi connectivity index (χ0v) is 13.4. The maximum Gasteiger partial charge on any atom is 0.221 e. The van der Waals surface area contributed by atoms with Crippen molar-refractivity contribution in [2.45, 2.75) is 18.4 Å². The summed E-state index contributed by atoms with van der Waals surface area (Å²) in [6, 6.07) is 9.70. The van der Waals surface area contributed by atoms with Gasteiger partial charge in [0.2, 0.25) is 5.91 Å². The zero-order chi connectivity index (χ0) is 18.4. The van der Waals surface area contributed by atoms with Crippen LogP contribution in [0.3, 0.4) is 0 Å². The second-order valence-electron chi connectivity index (χ2n) is 5.56. The van der Waals surface area contributed by atoms with Crippen LogP contribution in [0.25, 0.3) is 0 Å². The van der Waals surface area contributed by atoms with Crippen LogP contribution in [0.15, 0.2) is 55.1 Å². The highest BCUT2D eigenvalue weighted by Crippen LogP contribution is 2.22. The maximum atomic E-state index is 13.3. The first kappa shape index (κ1) is 18.7. The minimum absolute atomic E-state index is 0.0518. The molecular formula is C19H18F3NO2. The average Bonchev–Trinajstić information content (AvgIpc) is 2.62. The highest BCUT2D eigenvalue weighted by molar-refractivity contribution is 5.77. The van der Waals surface area contributed by atoms with Gasteiger partial charge >= 0.3 is 0 Å². The van der Waals surface area contributed by atoms with Crippen molar-refractivity contribution in [3.63, 3.8) is 0 Å². The molecule has 0 aromatic heterocycles. The van der Waals surface area contributed by atoms with Gasteiger partial charge in [-0.2, -0.15) is 0 Å². The van der Waals surface area contributed by atoms with Gasteiger partial charge in [-0.15, -0.1) is 6.58 Å². The predicted octanol–water partition coefficient (Wildman–Crippen LogP) is 3.61. The number of carbonyl (C=O) groups excluding carboxylic acids is 1. The third-order valence-corrected chi connectivity index (χ3v) is 3.84. The second-order valence-corrected chi connectivity index (χ2v) is 5.56. The van der Waals surface area contributed by atoms with E-state index in [2.05, 4.69) is 11.9 Å². The monoisotopic (exact) mass is 349 g/mol. The minimum Gasteiger partial charge on any atom is -0.394 e. The van der Waals surface area contributed by atoms with Crippen LogP contribution >= 0.6 is 0 Å². The molecule has 0 bridgehead atoms. The van der Waals surface area contributed by atoms with Crippen LogP contribution in [-0.4, -0.2) is 17.6 Å². The van der Waals surface area contributed by atoms with Crippen molar-refractivity contribution < 1.29 is 23.1 Å². The van der Waals surface area contributed by atoms with E-state index in [0.29, 0.717) is 0 Å². The SMILES string of the molecule is C=CC(CC(=O)NC(CO)c1cc(F)c(F)c(F)c1)c1ccccc1. The van der Waals surface area contributed by atoms with Crippen LogP contribution in [0.1, 0.15) is 29.5 Å². The summed E-state index contributed by atoms with van der Waals surface area (Å²) in [4.78, 5) is 12.2. The minimum atomic E-state index is -1.59. The van der Waals surface area contributed by atoms with E-state index in [-0.39, 0.29) is 17.9 Å². The van der Waals surface area contributed by atoms with Crippen molar-refractivity contribution in [2.75, 3.05) is 6.61 Å². The van der Waals surface area contributed by atoms with Crippen LogP contribution in [0, 0.1) is 17.5 Å². The number of nitrogens with one attached hydrogen (secondary N) is 1. The lowest BCUT2D eigenvalue weighted by Gasteiger charge is -2.19. The molecule has 3 nitrogen and oxygen atoms in total. The summed E-state index contributed by atoms with van der Waals surface area (Å²) in [5.41, 5.74) is 0.842. The van der Waals surface area contributed by atoms with Gasteiger partial charge in [0.1, 0.15) is 0 Å². The molecule has 0 radical (unpaired) electrons. The molecule has 2 unspecified atom stereocenters. The normalized spacial score (nSPS) is 13.1. The van der Waals surface area contributed by atoms with Gasteiger partial charge in [0.05, 0.1) is 12.6 Å². The quantitative estimate of drug-likeness (QED) is 0.593. The molecule has 1 amide bonds. The first-order chi connectivity index (χ1) is 12.0. The van der Waals surface area contributed by atoms with E-state index in [1.54, 1.807) is 6.08 Å². The van der Waals surface area contributed by atoms with Crippen LogP contribution in [0.5, 0.6) is 0 Å². The Morgan fingerprint density at radius 2 is 1.72 bits per heavy atom. The first-order valence-corrected chi connectivity index (χ1v) is 7.68. The topological polar surface area (TPSA) is 49.3 Å². The van der Waals surface area contributed by atoms with E-state index in [9.17, 15) is 23.1 Å². The molecule has 2 N–H and O–H groups in total. The molecule has 2 atom stereocenters. The lowest BCUT2D eigenvalue weighted by atomic mass is 9.95. The molecule has 2 aromatic carbocycles. The Hall–Kier alpha value is -2.60. The summed E-state index contributed by atoms with van der Waals surface area (Å²) in [6.45, 7) is 3.13. The smallest absolute Gasteiger partial charge is 0.221 e. The number of hydrogen-bond acceptors (Lipinski definition) is 2. The van der Waals surface area contributed by atoms with Crippen molar-refractivity contribution >= 4 is 5.91 Å². The third-order valence-electron chi connectivity index (χ3n) is 3.84. The molecular weight excluding hydrogens is 331 g/mol. The molecule has 6 heteroatoms. The van der Waals surface area contributed by atoms with Gasteiger partial charge in [-0.05, 0) is 23.3 Å². The summed E-state index contributed by atoms with van der Waals surface area (Å²) in [6.07, 6.45) is 1.68. The molecule has 0 spiro atoms. The number of aliphatic hydroxyl groups excluding tert-OH is 1. The molecule has 0 aliphatic rings. The van der Waals surface area contributed by atoms with Crippen molar-refractivity contribution in [1.29, 1.82) is 0 Å². The average molecular weight is 349 g/mol. The van der Waals surface area contributed by atoms with E-state index in [1.807, 2.05) is 30.3 Å². The highest BCUT2D eigenvalue weighted by Gasteiger charge is 2.20. The number of rotatable bonds is 7. The van der Waals surface area contributed by atoms with Crippen molar-refractivity contribution in [3.05, 3.63) is 83.7 Å². The number of aliphatic hydroxyl groups is 1. The van der Waals surface area contributed by atoms with Gasteiger partial charge < -0.3 is 10.4 Å². The number of amides is 1. The fraction of sp³-hybridized carbons (Fsp3) is 0.211.